The van der Waals surface area contributed by atoms with Crippen molar-refractivity contribution in [1.82, 2.24) is 10.2 Å². The number of pyridine rings is 1. The van der Waals surface area contributed by atoms with E-state index in [1.807, 2.05) is 66.3 Å². The summed E-state index contributed by atoms with van der Waals surface area (Å²) in [6, 6.07) is 20.2. The van der Waals surface area contributed by atoms with Crippen LogP contribution in [0.3, 0.4) is 0 Å². The van der Waals surface area contributed by atoms with Crippen molar-refractivity contribution in [3.8, 4) is 11.3 Å². The molecule has 0 spiro atoms. The van der Waals surface area contributed by atoms with E-state index in [1.165, 1.54) is 16.9 Å². The van der Waals surface area contributed by atoms with Crippen LogP contribution in [0.5, 0.6) is 0 Å². The number of rotatable bonds is 6. The summed E-state index contributed by atoms with van der Waals surface area (Å²) in [6.45, 7) is 2.34. The molecule has 1 aromatic carbocycles. The van der Waals surface area contributed by atoms with E-state index in [1.54, 1.807) is 0 Å². The van der Waals surface area contributed by atoms with Crippen molar-refractivity contribution in [2.45, 2.75) is 19.9 Å². The van der Waals surface area contributed by atoms with Crippen LogP contribution >= 0.6 is 11.3 Å². The number of Topliss-reactive ketones (excluding diaryl/α,β-unsaturated/α-hetero) is 1. The molecule has 3 heterocycles. The van der Waals surface area contributed by atoms with Gasteiger partial charge in [0.2, 0.25) is 12.3 Å². The van der Waals surface area contributed by atoms with Gasteiger partial charge in [0.15, 0.2) is 12.4 Å². The van der Waals surface area contributed by atoms with Crippen molar-refractivity contribution in [2.24, 2.45) is 0 Å². The number of H-pyrrole nitrogens is 1. The standard InChI is InChI=1S/C22H20N3OS/c1-16-9-10-22(27-16)21(26)15-25-11-5-8-18(14-25)20-13-19(23-24-20)12-17-6-3-2-4-7-17/h2-11,13-14H,12,15H2,1H3,(H,23,24)/q+1. The average molecular weight is 374 g/mol. The lowest BCUT2D eigenvalue weighted by Crippen LogP contribution is -2.37. The minimum Gasteiger partial charge on any atom is -0.286 e. The molecule has 0 saturated heterocycles. The van der Waals surface area contributed by atoms with Crippen LogP contribution in [-0.2, 0) is 13.0 Å². The Morgan fingerprint density at radius 3 is 2.74 bits per heavy atom. The molecule has 5 heteroatoms. The van der Waals surface area contributed by atoms with Crippen LogP contribution < -0.4 is 4.57 Å². The summed E-state index contributed by atoms with van der Waals surface area (Å²) in [7, 11) is 0. The van der Waals surface area contributed by atoms with Crippen LogP contribution in [0.1, 0.15) is 25.8 Å². The van der Waals surface area contributed by atoms with Crippen molar-refractivity contribution < 1.29 is 9.36 Å². The molecule has 134 valence electrons. The Labute approximate surface area is 162 Å². The number of hydrogen-bond donors (Lipinski definition) is 1. The largest absolute Gasteiger partial charge is 0.286 e. The van der Waals surface area contributed by atoms with Gasteiger partial charge in [0.05, 0.1) is 16.1 Å². The molecule has 0 bridgehead atoms. The maximum Gasteiger partial charge on any atom is 0.237 e. The second-order valence-corrected chi connectivity index (χ2v) is 7.83. The molecule has 4 nitrogen and oxygen atoms in total. The van der Waals surface area contributed by atoms with Gasteiger partial charge in [-0.05, 0) is 36.8 Å². The molecule has 3 aromatic heterocycles. The van der Waals surface area contributed by atoms with Crippen molar-refractivity contribution in [3.63, 3.8) is 0 Å². The molecule has 0 aliphatic carbocycles. The van der Waals surface area contributed by atoms with Crippen LogP contribution in [0, 0.1) is 6.92 Å². The molecule has 4 rings (SSSR count). The molecule has 0 amide bonds. The fourth-order valence-electron chi connectivity index (χ4n) is 3.02. The van der Waals surface area contributed by atoms with Gasteiger partial charge in [0.1, 0.15) is 0 Å². The summed E-state index contributed by atoms with van der Waals surface area (Å²) >= 11 is 1.54. The lowest BCUT2D eigenvalue weighted by Gasteiger charge is -1.98. The molecule has 0 aliphatic heterocycles. The number of carbonyl (C=O) groups is 1. The molecule has 0 atom stereocenters. The molecule has 0 saturated carbocycles. The fourth-order valence-corrected chi connectivity index (χ4v) is 3.81. The van der Waals surface area contributed by atoms with Crippen molar-refractivity contribution in [2.75, 3.05) is 0 Å². The number of benzene rings is 1. The lowest BCUT2D eigenvalue weighted by atomic mass is 10.1. The number of hydrogen-bond acceptors (Lipinski definition) is 3. The van der Waals surface area contributed by atoms with E-state index in [9.17, 15) is 4.79 Å². The highest BCUT2D eigenvalue weighted by Crippen LogP contribution is 2.18. The SMILES string of the molecule is Cc1ccc(C(=O)C[n+]2cccc(-c3cc(Cc4ccccc4)[nH]n3)c2)s1. The summed E-state index contributed by atoms with van der Waals surface area (Å²) in [6.07, 6.45) is 4.71. The van der Waals surface area contributed by atoms with E-state index in [-0.39, 0.29) is 5.78 Å². The fraction of sp³-hybridized carbons (Fsp3) is 0.136. The quantitative estimate of drug-likeness (QED) is 0.406. The molecule has 0 aliphatic rings. The summed E-state index contributed by atoms with van der Waals surface area (Å²) in [4.78, 5) is 14.4. The topological polar surface area (TPSA) is 49.6 Å². The van der Waals surface area contributed by atoms with Crippen LogP contribution in [0.2, 0.25) is 0 Å². The average Bonchev–Trinajstić information content (AvgIpc) is 3.32. The van der Waals surface area contributed by atoms with E-state index in [0.717, 1.165) is 33.1 Å². The van der Waals surface area contributed by atoms with Crippen LogP contribution in [-0.4, -0.2) is 16.0 Å². The Kier molecular flexibility index (Phi) is 4.94. The number of thiophene rings is 1. The number of carbonyl (C=O) groups excluding carboxylic acids is 1. The first-order valence-corrected chi connectivity index (χ1v) is 9.66. The number of aryl methyl sites for hydroxylation is 1. The Morgan fingerprint density at radius 2 is 1.96 bits per heavy atom. The van der Waals surface area contributed by atoms with Gasteiger partial charge in [-0.15, -0.1) is 11.3 Å². The third-order valence-corrected chi connectivity index (χ3v) is 5.41. The first-order chi connectivity index (χ1) is 13.2. The second-order valence-electron chi connectivity index (χ2n) is 6.54. The summed E-state index contributed by atoms with van der Waals surface area (Å²) in [5, 5.41) is 7.56. The molecule has 27 heavy (non-hydrogen) atoms. The van der Waals surface area contributed by atoms with Gasteiger partial charge < -0.3 is 0 Å². The normalized spacial score (nSPS) is 10.9. The van der Waals surface area contributed by atoms with Crippen LogP contribution in [0.4, 0.5) is 0 Å². The predicted molar refractivity (Wildman–Crippen MR) is 107 cm³/mol. The molecular formula is C22H20N3OS+. The summed E-state index contributed by atoms with van der Waals surface area (Å²) in [5.41, 5.74) is 4.18. The Hall–Kier alpha value is -3.05. The third-order valence-electron chi connectivity index (χ3n) is 4.36. The number of nitrogens with one attached hydrogen (secondary N) is 1. The first kappa shape index (κ1) is 17.4. The smallest absolute Gasteiger partial charge is 0.237 e. The third kappa shape index (κ3) is 4.20. The highest BCUT2D eigenvalue weighted by atomic mass is 32.1. The lowest BCUT2D eigenvalue weighted by molar-refractivity contribution is -0.682. The number of aromatic nitrogens is 3. The van der Waals surface area contributed by atoms with E-state index in [4.69, 9.17) is 0 Å². The minimum absolute atomic E-state index is 0.127. The zero-order chi connectivity index (χ0) is 18.6. The summed E-state index contributed by atoms with van der Waals surface area (Å²) < 4.78 is 1.91. The van der Waals surface area contributed by atoms with E-state index in [0.29, 0.717) is 6.54 Å². The molecule has 4 aromatic rings. The van der Waals surface area contributed by atoms with Crippen molar-refractivity contribution in [3.05, 3.63) is 94.1 Å². The Balaban J connectivity index is 1.50. The second kappa shape index (κ2) is 7.68. The van der Waals surface area contributed by atoms with Crippen LogP contribution in [0.15, 0.2) is 73.1 Å². The van der Waals surface area contributed by atoms with Gasteiger partial charge in [-0.25, -0.2) is 0 Å². The van der Waals surface area contributed by atoms with Crippen molar-refractivity contribution in [1.29, 1.82) is 0 Å². The van der Waals surface area contributed by atoms with Gasteiger partial charge in [-0.3, -0.25) is 9.89 Å². The molecule has 0 radical (unpaired) electrons. The number of ketones is 1. The molecule has 1 N–H and O–H groups in total. The molecular weight excluding hydrogens is 354 g/mol. The van der Waals surface area contributed by atoms with Gasteiger partial charge in [0.25, 0.3) is 0 Å². The number of aromatic amines is 1. The minimum atomic E-state index is 0.127. The van der Waals surface area contributed by atoms with Crippen molar-refractivity contribution >= 4 is 17.1 Å². The van der Waals surface area contributed by atoms with Gasteiger partial charge in [-0.1, -0.05) is 30.3 Å². The maximum absolute atomic E-state index is 12.5. The maximum atomic E-state index is 12.5. The zero-order valence-corrected chi connectivity index (χ0v) is 15.9. The Morgan fingerprint density at radius 1 is 1.11 bits per heavy atom. The van der Waals surface area contributed by atoms with E-state index < -0.39 is 0 Å². The summed E-state index contributed by atoms with van der Waals surface area (Å²) in [5.74, 6) is 0.127. The van der Waals surface area contributed by atoms with E-state index >= 15 is 0 Å². The molecule has 0 fully saturated rings. The zero-order valence-electron chi connectivity index (χ0n) is 15.1. The van der Waals surface area contributed by atoms with Gasteiger partial charge in [0, 0.05) is 23.1 Å². The molecule has 0 unspecified atom stereocenters. The highest BCUT2D eigenvalue weighted by molar-refractivity contribution is 7.13. The number of nitrogens with zero attached hydrogens (tertiary/aromatic N) is 2. The van der Waals surface area contributed by atoms with E-state index in [2.05, 4.69) is 28.4 Å². The highest BCUT2D eigenvalue weighted by Gasteiger charge is 2.15. The van der Waals surface area contributed by atoms with Gasteiger partial charge in [-0.2, -0.15) is 9.67 Å². The monoisotopic (exact) mass is 374 g/mol. The van der Waals surface area contributed by atoms with Crippen LogP contribution in [0.25, 0.3) is 11.3 Å². The predicted octanol–water partition coefficient (Wildman–Crippen LogP) is 4.21. The Bertz CT molecular complexity index is 1070. The first-order valence-electron chi connectivity index (χ1n) is 8.85. The van der Waals surface area contributed by atoms with Gasteiger partial charge >= 0.3 is 0 Å².